The maximum Gasteiger partial charge on any atom is 0.0890 e. The summed E-state index contributed by atoms with van der Waals surface area (Å²) in [5.74, 6) is 0.414. The van der Waals surface area contributed by atoms with Crippen molar-refractivity contribution in [3.63, 3.8) is 0 Å². The van der Waals surface area contributed by atoms with Crippen LogP contribution in [-0.4, -0.2) is 9.97 Å². The molecular weight excluding hydrogens is 316 g/mol. The fraction of sp³-hybridized carbons (Fsp3) is 0.333. The van der Waals surface area contributed by atoms with E-state index < -0.39 is 0 Å². The van der Waals surface area contributed by atoms with Crippen molar-refractivity contribution in [1.82, 2.24) is 9.97 Å². The van der Waals surface area contributed by atoms with Gasteiger partial charge in [-0.1, -0.05) is 42.5 Å². The minimum Gasteiger partial charge on any atom is -0.251 e. The van der Waals surface area contributed by atoms with Crippen molar-refractivity contribution in [2.45, 2.75) is 50.9 Å². The number of aromatic nitrogens is 2. The van der Waals surface area contributed by atoms with Crippen molar-refractivity contribution in [3.8, 4) is 11.4 Å². The monoisotopic (exact) mass is 340 g/mol. The highest BCUT2D eigenvalue weighted by molar-refractivity contribution is 5.57. The second kappa shape index (κ2) is 6.68. The largest absolute Gasteiger partial charge is 0.251 e. The Hall–Kier alpha value is -2.48. The Labute approximate surface area is 155 Å². The summed E-state index contributed by atoms with van der Waals surface area (Å²) in [4.78, 5) is 10.1. The highest BCUT2D eigenvalue weighted by atomic mass is 14.8. The Balaban J connectivity index is 1.56. The molecule has 2 aliphatic rings. The standard InChI is InChI=1S/C24H24N2/c1-2-7-17(8-3-1)20-11-6-10-19-14-16-23(26-24(19)20)22-15-13-18-9-4-5-12-21(18)25-22/h1-3,7-8,13-16,20H,4-6,9-12H2. The number of aryl methyl sites for hydroxylation is 3. The van der Waals surface area contributed by atoms with E-state index in [9.17, 15) is 0 Å². The lowest BCUT2D eigenvalue weighted by Crippen LogP contribution is -2.14. The third kappa shape index (κ3) is 2.84. The van der Waals surface area contributed by atoms with Crippen LogP contribution in [0.15, 0.2) is 54.6 Å². The number of rotatable bonds is 2. The highest BCUT2D eigenvalue weighted by Gasteiger charge is 2.24. The topological polar surface area (TPSA) is 25.8 Å². The maximum absolute atomic E-state index is 5.13. The van der Waals surface area contributed by atoms with Crippen molar-refractivity contribution in [2.24, 2.45) is 0 Å². The normalized spacial score (nSPS) is 18.8. The summed E-state index contributed by atoms with van der Waals surface area (Å²) >= 11 is 0. The molecule has 0 amide bonds. The molecule has 0 bridgehead atoms. The molecule has 0 saturated carbocycles. The number of pyridine rings is 2. The van der Waals surface area contributed by atoms with Gasteiger partial charge in [-0.05, 0) is 73.8 Å². The molecule has 2 aliphatic carbocycles. The Kier molecular flexibility index (Phi) is 4.05. The van der Waals surface area contributed by atoms with E-state index in [1.807, 2.05) is 0 Å². The lowest BCUT2D eigenvalue weighted by molar-refractivity contribution is 0.599. The molecule has 1 aromatic carbocycles. The second-order valence-corrected chi connectivity index (χ2v) is 7.61. The van der Waals surface area contributed by atoms with E-state index in [0.717, 1.165) is 24.2 Å². The van der Waals surface area contributed by atoms with Crippen molar-refractivity contribution in [1.29, 1.82) is 0 Å². The molecule has 3 aromatic rings. The van der Waals surface area contributed by atoms with Crippen molar-refractivity contribution >= 4 is 0 Å². The minimum absolute atomic E-state index is 0.414. The molecule has 26 heavy (non-hydrogen) atoms. The van der Waals surface area contributed by atoms with Gasteiger partial charge in [0.05, 0.1) is 17.1 Å². The molecule has 2 heteroatoms. The van der Waals surface area contributed by atoms with Gasteiger partial charge >= 0.3 is 0 Å². The van der Waals surface area contributed by atoms with E-state index in [0.29, 0.717) is 5.92 Å². The van der Waals surface area contributed by atoms with Gasteiger partial charge < -0.3 is 0 Å². The summed E-state index contributed by atoms with van der Waals surface area (Å²) in [6.07, 6.45) is 8.41. The summed E-state index contributed by atoms with van der Waals surface area (Å²) in [7, 11) is 0. The Bertz CT molecular complexity index is 930. The zero-order valence-corrected chi connectivity index (χ0v) is 15.1. The van der Waals surface area contributed by atoms with Crippen molar-refractivity contribution in [2.75, 3.05) is 0 Å². The molecule has 2 nitrogen and oxygen atoms in total. The van der Waals surface area contributed by atoms with Crippen LogP contribution in [0.5, 0.6) is 0 Å². The summed E-state index contributed by atoms with van der Waals surface area (Å²) in [6.45, 7) is 0. The second-order valence-electron chi connectivity index (χ2n) is 7.61. The first-order valence-corrected chi connectivity index (χ1v) is 9.92. The average molecular weight is 340 g/mol. The van der Waals surface area contributed by atoms with E-state index in [-0.39, 0.29) is 0 Å². The zero-order valence-electron chi connectivity index (χ0n) is 15.1. The Morgan fingerprint density at radius 2 is 1.38 bits per heavy atom. The molecule has 0 spiro atoms. The fourth-order valence-electron chi connectivity index (χ4n) is 4.53. The van der Waals surface area contributed by atoms with Crippen LogP contribution in [0.1, 0.15) is 59.7 Å². The lowest BCUT2D eigenvalue weighted by atomic mass is 9.82. The summed E-state index contributed by atoms with van der Waals surface area (Å²) in [6, 6.07) is 19.7. The van der Waals surface area contributed by atoms with Crippen LogP contribution < -0.4 is 0 Å². The third-order valence-electron chi connectivity index (χ3n) is 5.92. The molecule has 0 aliphatic heterocycles. The lowest BCUT2D eigenvalue weighted by Gasteiger charge is -2.25. The van der Waals surface area contributed by atoms with E-state index in [1.165, 1.54) is 60.2 Å². The van der Waals surface area contributed by atoms with Gasteiger partial charge in [0.1, 0.15) is 0 Å². The number of benzene rings is 1. The maximum atomic E-state index is 5.13. The number of hydrogen-bond acceptors (Lipinski definition) is 2. The molecule has 0 saturated heterocycles. The zero-order chi connectivity index (χ0) is 17.3. The summed E-state index contributed by atoms with van der Waals surface area (Å²) < 4.78 is 0. The first-order chi connectivity index (χ1) is 12.9. The van der Waals surface area contributed by atoms with E-state index >= 15 is 0 Å². The van der Waals surface area contributed by atoms with Crippen LogP contribution in [-0.2, 0) is 19.3 Å². The van der Waals surface area contributed by atoms with Gasteiger partial charge in [0.2, 0.25) is 0 Å². The molecule has 130 valence electrons. The van der Waals surface area contributed by atoms with Gasteiger partial charge in [0.25, 0.3) is 0 Å². The third-order valence-corrected chi connectivity index (χ3v) is 5.92. The molecule has 0 fully saturated rings. The predicted molar refractivity (Wildman–Crippen MR) is 105 cm³/mol. The molecule has 5 rings (SSSR count). The molecule has 0 N–H and O–H groups in total. The van der Waals surface area contributed by atoms with Crippen LogP contribution in [0, 0.1) is 0 Å². The van der Waals surface area contributed by atoms with Gasteiger partial charge in [-0.25, -0.2) is 0 Å². The van der Waals surface area contributed by atoms with Gasteiger partial charge in [-0.3, -0.25) is 9.97 Å². The van der Waals surface area contributed by atoms with Gasteiger partial charge in [0, 0.05) is 11.6 Å². The van der Waals surface area contributed by atoms with Crippen LogP contribution in [0.3, 0.4) is 0 Å². The SMILES string of the molecule is c1ccc(C2CCCc3ccc(-c4ccc5c(n4)CCCC5)nc32)cc1. The van der Waals surface area contributed by atoms with Crippen molar-refractivity contribution in [3.05, 3.63) is 82.7 Å². The van der Waals surface area contributed by atoms with Gasteiger partial charge in [-0.15, -0.1) is 0 Å². The van der Waals surface area contributed by atoms with Crippen LogP contribution in [0.25, 0.3) is 11.4 Å². The smallest absolute Gasteiger partial charge is 0.0890 e. The molecule has 1 unspecified atom stereocenters. The Morgan fingerprint density at radius 1 is 0.654 bits per heavy atom. The number of hydrogen-bond donors (Lipinski definition) is 0. The minimum atomic E-state index is 0.414. The first-order valence-electron chi connectivity index (χ1n) is 9.92. The Morgan fingerprint density at radius 3 is 2.27 bits per heavy atom. The predicted octanol–water partition coefficient (Wildman–Crippen LogP) is 5.49. The van der Waals surface area contributed by atoms with Gasteiger partial charge in [0.15, 0.2) is 0 Å². The van der Waals surface area contributed by atoms with Crippen LogP contribution >= 0.6 is 0 Å². The van der Waals surface area contributed by atoms with E-state index in [2.05, 4.69) is 54.6 Å². The van der Waals surface area contributed by atoms with E-state index in [1.54, 1.807) is 0 Å². The van der Waals surface area contributed by atoms with Crippen LogP contribution in [0.4, 0.5) is 0 Å². The molecular formula is C24H24N2. The van der Waals surface area contributed by atoms with Crippen LogP contribution in [0.2, 0.25) is 0 Å². The molecule has 2 heterocycles. The highest BCUT2D eigenvalue weighted by Crippen LogP contribution is 2.36. The summed E-state index contributed by atoms with van der Waals surface area (Å²) in [5, 5.41) is 0. The fourth-order valence-corrected chi connectivity index (χ4v) is 4.53. The first kappa shape index (κ1) is 15.7. The number of fused-ring (bicyclic) bond motifs is 2. The molecule has 1 atom stereocenters. The molecule has 2 aromatic heterocycles. The quantitative estimate of drug-likeness (QED) is 0.616. The summed E-state index contributed by atoms with van der Waals surface area (Å²) in [5.41, 5.74) is 8.83. The number of nitrogens with zero attached hydrogens (tertiary/aromatic N) is 2. The molecule has 0 radical (unpaired) electrons. The van der Waals surface area contributed by atoms with E-state index in [4.69, 9.17) is 9.97 Å². The van der Waals surface area contributed by atoms with Crippen molar-refractivity contribution < 1.29 is 0 Å². The average Bonchev–Trinajstić information content (AvgIpc) is 2.73. The van der Waals surface area contributed by atoms with Gasteiger partial charge in [-0.2, -0.15) is 0 Å².